The Kier molecular flexibility index (Phi) is 2.07. The van der Waals surface area contributed by atoms with Gasteiger partial charge in [-0.05, 0) is 25.5 Å². The van der Waals surface area contributed by atoms with E-state index >= 15 is 0 Å². The Morgan fingerprint density at radius 2 is 2.36 bits per heavy atom. The number of amides is 1. The van der Waals surface area contributed by atoms with Gasteiger partial charge in [0, 0.05) is 0 Å². The smallest absolute Gasteiger partial charge is 0.235 e. The van der Waals surface area contributed by atoms with Crippen molar-refractivity contribution in [3.63, 3.8) is 0 Å². The molecule has 1 saturated heterocycles. The van der Waals surface area contributed by atoms with Crippen LogP contribution >= 0.6 is 0 Å². The maximum absolute atomic E-state index is 11.2. The lowest BCUT2D eigenvalue weighted by Gasteiger charge is -2.25. The molecule has 0 radical (unpaired) electrons. The van der Waals surface area contributed by atoms with Gasteiger partial charge < -0.3 is 9.73 Å². The molecule has 1 aliphatic heterocycles. The molecule has 1 unspecified atom stereocenters. The molecule has 2 rings (SSSR count). The highest BCUT2D eigenvalue weighted by atomic mass is 16.3. The molecule has 1 aliphatic rings. The predicted molar refractivity (Wildman–Crippen MR) is 51.6 cm³/mol. The van der Waals surface area contributed by atoms with Crippen LogP contribution in [0.1, 0.15) is 24.9 Å². The molecule has 1 aromatic heterocycles. The maximum Gasteiger partial charge on any atom is 0.235 e. The number of furan rings is 1. The summed E-state index contributed by atoms with van der Waals surface area (Å²) in [5.74, 6) is 1.65. The fraction of sp³-hybridized carbons (Fsp3) is 0.500. The quantitative estimate of drug-likeness (QED) is 0.734. The Hall–Kier alpha value is -1.29. The van der Waals surface area contributed by atoms with E-state index in [0.717, 1.165) is 17.9 Å². The fourth-order valence-electron chi connectivity index (χ4n) is 1.76. The van der Waals surface area contributed by atoms with E-state index < -0.39 is 5.66 Å². The van der Waals surface area contributed by atoms with E-state index in [0.29, 0.717) is 6.54 Å². The molecular formula is C10H14N2O2. The van der Waals surface area contributed by atoms with Crippen molar-refractivity contribution in [2.45, 2.75) is 25.9 Å². The van der Waals surface area contributed by atoms with E-state index in [1.54, 1.807) is 0 Å². The third-order valence-corrected chi connectivity index (χ3v) is 2.59. The van der Waals surface area contributed by atoms with E-state index in [4.69, 9.17) is 4.42 Å². The van der Waals surface area contributed by atoms with Crippen LogP contribution in [-0.2, 0) is 10.5 Å². The van der Waals surface area contributed by atoms with Crippen molar-refractivity contribution in [3.05, 3.63) is 23.7 Å². The molecule has 0 bridgehead atoms. The molecule has 4 nitrogen and oxygen atoms in total. The summed E-state index contributed by atoms with van der Waals surface area (Å²) in [7, 11) is 0. The zero-order valence-electron chi connectivity index (χ0n) is 8.39. The molecule has 1 fully saturated rings. The van der Waals surface area contributed by atoms with Gasteiger partial charge in [0.05, 0.1) is 6.54 Å². The first-order valence-electron chi connectivity index (χ1n) is 4.79. The summed E-state index contributed by atoms with van der Waals surface area (Å²) in [6.45, 7) is 4.26. The standard InChI is InChI=1S/C10H14N2O2/c1-3-10(11-6-9(13)12-10)8-5-4-7(2)14-8/h4-5,11H,3,6H2,1-2H3,(H,12,13). The van der Waals surface area contributed by atoms with Crippen LogP contribution in [-0.4, -0.2) is 12.5 Å². The molecular weight excluding hydrogens is 180 g/mol. The Morgan fingerprint density at radius 1 is 1.57 bits per heavy atom. The minimum absolute atomic E-state index is 0.0147. The van der Waals surface area contributed by atoms with E-state index in [9.17, 15) is 4.79 Å². The van der Waals surface area contributed by atoms with E-state index in [-0.39, 0.29) is 5.91 Å². The van der Waals surface area contributed by atoms with Crippen LogP contribution in [0.4, 0.5) is 0 Å². The molecule has 1 amide bonds. The second kappa shape index (κ2) is 3.13. The Bertz CT molecular complexity index is 359. The molecule has 2 heterocycles. The average molecular weight is 194 g/mol. The first-order valence-corrected chi connectivity index (χ1v) is 4.79. The van der Waals surface area contributed by atoms with Crippen LogP contribution in [0.2, 0.25) is 0 Å². The highest BCUT2D eigenvalue weighted by Gasteiger charge is 2.39. The van der Waals surface area contributed by atoms with E-state index in [2.05, 4.69) is 10.6 Å². The number of carbonyl (C=O) groups excluding carboxylic acids is 1. The van der Waals surface area contributed by atoms with Crippen molar-refractivity contribution in [1.82, 2.24) is 10.6 Å². The van der Waals surface area contributed by atoms with E-state index in [1.807, 2.05) is 26.0 Å². The van der Waals surface area contributed by atoms with Crippen molar-refractivity contribution < 1.29 is 9.21 Å². The summed E-state index contributed by atoms with van der Waals surface area (Å²) in [6, 6.07) is 3.80. The average Bonchev–Trinajstić information content (AvgIpc) is 2.73. The SMILES string of the molecule is CCC1(c2ccc(C)o2)NCC(=O)N1. The van der Waals surface area contributed by atoms with Crippen LogP contribution in [0.25, 0.3) is 0 Å². The van der Waals surface area contributed by atoms with Gasteiger partial charge in [0.1, 0.15) is 11.5 Å². The molecule has 0 aromatic carbocycles. The number of hydrogen-bond acceptors (Lipinski definition) is 3. The van der Waals surface area contributed by atoms with Gasteiger partial charge in [-0.1, -0.05) is 6.92 Å². The third kappa shape index (κ3) is 1.32. The van der Waals surface area contributed by atoms with Gasteiger partial charge in [-0.25, -0.2) is 0 Å². The highest BCUT2D eigenvalue weighted by molar-refractivity contribution is 5.81. The number of hydrogen-bond donors (Lipinski definition) is 2. The van der Waals surface area contributed by atoms with Crippen molar-refractivity contribution in [1.29, 1.82) is 0 Å². The van der Waals surface area contributed by atoms with Crippen LogP contribution in [0, 0.1) is 6.92 Å². The molecule has 14 heavy (non-hydrogen) atoms. The number of rotatable bonds is 2. The van der Waals surface area contributed by atoms with Crippen LogP contribution in [0.3, 0.4) is 0 Å². The van der Waals surface area contributed by atoms with Crippen LogP contribution < -0.4 is 10.6 Å². The minimum atomic E-state index is -0.495. The number of carbonyl (C=O) groups is 1. The molecule has 0 spiro atoms. The maximum atomic E-state index is 11.2. The lowest BCUT2D eigenvalue weighted by molar-refractivity contribution is -0.119. The largest absolute Gasteiger partial charge is 0.462 e. The molecule has 76 valence electrons. The lowest BCUT2D eigenvalue weighted by atomic mass is 10.1. The second-order valence-corrected chi connectivity index (χ2v) is 3.57. The Labute approximate surface area is 82.7 Å². The van der Waals surface area contributed by atoms with Crippen molar-refractivity contribution in [2.24, 2.45) is 0 Å². The van der Waals surface area contributed by atoms with Gasteiger partial charge >= 0.3 is 0 Å². The monoisotopic (exact) mass is 194 g/mol. The fourth-order valence-corrected chi connectivity index (χ4v) is 1.76. The van der Waals surface area contributed by atoms with Crippen LogP contribution in [0.5, 0.6) is 0 Å². The molecule has 0 aliphatic carbocycles. The molecule has 1 atom stereocenters. The topological polar surface area (TPSA) is 54.3 Å². The first-order chi connectivity index (χ1) is 6.66. The summed E-state index contributed by atoms with van der Waals surface area (Å²) < 4.78 is 5.53. The summed E-state index contributed by atoms with van der Waals surface area (Å²) in [6.07, 6.45) is 0.770. The van der Waals surface area contributed by atoms with E-state index in [1.165, 1.54) is 0 Å². The molecule has 2 N–H and O–H groups in total. The van der Waals surface area contributed by atoms with Gasteiger partial charge in [0.2, 0.25) is 5.91 Å². The molecule has 1 aromatic rings. The minimum Gasteiger partial charge on any atom is -0.462 e. The van der Waals surface area contributed by atoms with Crippen molar-refractivity contribution in [2.75, 3.05) is 6.54 Å². The molecule has 4 heteroatoms. The van der Waals surface area contributed by atoms with Gasteiger partial charge in [-0.3, -0.25) is 10.1 Å². The first kappa shape index (κ1) is 9.27. The van der Waals surface area contributed by atoms with Crippen molar-refractivity contribution in [3.8, 4) is 0 Å². The third-order valence-electron chi connectivity index (χ3n) is 2.59. The normalized spacial score (nSPS) is 26.6. The van der Waals surface area contributed by atoms with Crippen LogP contribution in [0.15, 0.2) is 16.5 Å². The second-order valence-electron chi connectivity index (χ2n) is 3.57. The van der Waals surface area contributed by atoms with Crippen molar-refractivity contribution >= 4 is 5.91 Å². The number of nitrogens with one attached hydrogen (secondary N) is 2. The zero-order valence-corrected chi connectivity index (χ0v) is 8.39. The zero-order chi connectivity index (χ0) is 10.2. The molecule has 0 saturated carbocycles. The summed E-state index contributed by atoms with van der Waals surface area (Å²) in [5.41, 5.74) is -0.495. The predicted octanol–water partition coefficient (Wildman–Crippen LogP) is 0.870. The summed E-state index contributed by atoms with van der Waals surface area (Å²) >= 11 is 0. The van der Waals surface area contributed by atoms with Gasteiger partial charge in [-0.2, -0.15) is 0 Å². The Balaban J connectivity index is 2.33. The summed E-state index contributed by atoms with van der Waals surface area (Å²) in [5, 5.41) is 6.05. The Morgan fingerprint density at radius 3 is 2.79 bits per heavy atom. The van der Waals surface area contributed by atoms with Gasteiger partial charge in [0.15, 0.2) is 5.66 Å². The van der Waals surface area contributed by atoms with Gasteiger partial charge in [0.25, 0.3) is 0 Å². The van der Waals surface area contributed by atoms with Gasteiger partial charge in [-0.15, -0.1) is 0 Å². The lowest BCUT2D eigenvalue weighted by Crippen LogP contribution is -2.45. The number of aryl methyl sites for hydroxylation is 1. The highest BCUT2D eigenvalue weighted by Crippen LogP contribution is 2.26. The summed E-state index contributed by atoms with van der Waals surface area (Å²) in [4.78, 5) is 11.2.